The van der Waals surface area contributed by atoms with Crippen LogP contribution in [-0.4, -0.2) is 11.4 Å². The smallest absolute Gasteiger partial charge is 0.244 e. The van der Waals surface area contributed by atoms with Gasteiger partial charge in [-0.05, 0) is 37.1 Å². The Morgan fingerprint density at radius 3 is 2.43 bits per heavy atom. The van der Waals surface area contributed by atoms with E-state index in [-0.39, 0.29) is 5.91 Å². The average Bonchev–Trinajstić information content (AvgIpc) is 2.89. The molecule has 0 aliphatic heterocycles. The third-order valence-corrected chi connectivity index (χ3v) is 2.59. The van der Waals surface area contributed by atoms with Crippen molar-refractivity contribution in [1.82, 2.24) is 0 Å². The van der Waals surface area contributed by atoms with Crippen molar-refractivity contribution in [2.45, 2.75) is 18.4 Å². The van der Waals surface area contributed by atoms with Crippen molar-refractivity contribution in [1.29, 1.82) is 0 Å². The molecule has 2 rings (SSSR count). The highest BCUT2D eigenvalue weighted by Gasteiger charge is 2.45. The van der Waals surface area contributed by atoms with Gasteiger partial charge in [0.15, 0.2) is 0 Å². The predicted molar refractivity (Wildman–Crippen MR) is 56.2 cm³/mol. The van der Waals surface area contributed by atoms with Crippen LogP contribution >= 0.6 is 11.6 Å². The topological polar surface area (TPSA) is 55.1 Å². The third kappa shape index (κ3) is 1.89. The number of hydrogen-bond donors (Lipinski definition) is 2. The molecule has 0 heterocycles. The number of benzene rings is 1. The molecule has 1 aliphatic carbocycles. The predicted octanol–water partition coefficient (Wildman–Crippen LogP) is 1.77. The van der Waals surface area contributed by atoms with Gasteiger partial charge in [0, 0.05) is 10.7 Å². The Morgan fingerprint density at radius 1 is 1.36 bits per heavy atom. The van der Waals surface area contributed by atoms with E-state index in [0.717, 1.165) is 18.5 Å². The molecule has 1 aromatic carbocycles. The largest absolute Gasteiger partial charge is 0.324 e. The maximum atomic E-state index is 11.5. The van der Waals surface area contributed by atoms with Gasteiger partial charge in [-0.15, -0.1) is 0 Å². The molecule has 14 heavy (non-hydrogen) atoms. The Hall–Kier alpha value is -1.06. The van der Waals surface area contributed by atoms with Crippen LogP contribution in [0.15, 0.2) is 24.3 Å². The number of halogens is 1. The molecular formula is C10H11ClN2O. The lowest BCUT2D eigenvalue weighted by molar-refractivity contribution is -0.118. The van der Waals surface area contributed by atoms with Gasteiger partial charge in [0.2, 0.25) is 5.91 Å². The molecule has 0 bridgehead atoms. The Kier molecular flexibility index (Phi) is 2.21. The summed E-state index contributed by atoms with van der Waals surface area (Å²) in [5.41, 5.74) is 5.84. The Bertz CT molecular complexity index is 357. The van der Waals surface area contributed by atoms with Gasteiger partial charge in [-0.2, -0.15) is 0 Å². The Morgan fingerprint density at radius 2 is 1.93 bits per heavy atom. The molecule has 0 radical (unpaired) electrons. The van der Waals surface area contributed by atoms with E-state index < -0.39 is 5.54 Å². The molecule has 74 valence electrons. The van der Waals surface area contributed by atoms with E-state index in [4.69, 9.17) is 17.3 Å². The van der Waals surface area contributed by atoms with Gasteiger partial charge < -0.3 is 11.1 Å². The summed E-state index contributed by atoms with van der Waals surface area (Å²) in [5.74, 6) is -0.111. The molecule has 1 saturated carbocycles. The lowest BCUT2D eigenvalue weighted by atomic mass is 10.2. The van der Waals surface area contributed by atoms with Gasteiger partial charge in [0.1, 0.15) is 0 Å². The van der Waals surface area contributed by atoms with Crippen LogP contribution in [0.3, 0.4) is 0 Å². The van der Waals surface area contributed by atoms with Crippen molar-refractivity contribution >= 4 is 23.2 Å². The van der Waals surface area contributed by atoms with Crippen LogP contribution in [-0.2, 0) is 4.79 Å². The second-order valence-electron chi connectivity index (χ2n) is 3.62. The van der Waals surface area contributed by atoms with Gasteiger partial charge in [-0.3, -0.25) is 4.79 Å². The van der Waals surface area contributed by atoms with Crippen molar-refractivity contribution in [2.75, 3.05) is 5.32 Å². The standard InChI is InChI=1S/C10H11ClN2O/c11-7-1-3-8(4-2-7)13-9(14)10(12)5-6-10/h1-4H,5-6,12H2,(H,13,14). The molecule has 3 N–H and O–H groups in total. The molecule has 1 aliphatic rings. The molecular weight excluding hydrogens is 200 g/mol. The molecule has 1 aromatic rings. The maximum absolute atomic E-state index is 11.5. The minimum absolute atomic E-state index is 0.111. The van der Waals surface area contributed by atoms with Crippen LogP contribution in [0.25, 0.3) is 0 Å². The highest BCUT2D eigenvalue weighted by atomic mass is 35.5. The number of carbonyl (C=O) groups is 1. The first-order chi connectivity index (χ1) is 6.60. The Labute approximate surface area is 87.2 Å². The SMILES string of the molecule is NC1(C(=O)Nc2ccc(Cl)cc2)CC1. The lowest BCUT2D eigenvalue weighted by Crippen LogP contribution is -2.37. The van der Waals surface area contributed by atoms with Gasteiger partial charge in [-0.1, -0.05) is 11.6 Å². The van der Waals surface area contributed by atoms with Crippen LogP contribution in [0, 0.1) is 0 Å². The highest BCUT2D eigenvalue weighted by Crippen LogP contribution is 2.33. The summed E-state index contributed by atoms with van der Waals surface area (Å²) in [6.45, 7) is 0. The number of anilines is 1. The number of nitrogens with one attached hydrogen (secondary N) is 1. The first-order valence-electron chi connectivity index (χ1n) is 4.46. The summed E-state index contributed by atoms with van der Waals surface area (Å²) in [6.07, 6.45) is 1.54. The molecule has 0 saturated heterocycles. The fourth-order valence-electron chi connectivity index (χ4n) is 1.15. The van der Waals surface area contributed by atoms with Crippen LogP contribution in [0.2, 0.25) is 5.02 Å². The van der Waals surface area contributed by atoms with Crippen molar-refractivity contribution in [3.05, 3.63) is 29.3 Å². The zero-order valence-corrected chi connectivity index (χ0v) is 8.34. The summed E-state index contributed by atoms with van der Waals surface area (Å²) in [5, 5.41) is 3.40. The summed E-state index contributed by atoms with van der Waals surface area (Å²) in [6, 6.07) is 6.97. The maximum Gasteiger partial charge on any atom is 0.244 e. The first-order valence-corrected chi connectivity index (χ1v) is 4.84. The molecule has 0 unspecified atom stereocenters. The van der Waals surface area contributed by atoms with E-state index in [0.29, 0.717) is 5.02 Å². The van der Waals surface area contributed by atoms with E-state index >= 15 is 0 Å². The van der Waals surface area contributed by atoms with Crippen LogP contribution < -0.4 is 11.1 Å². The summed E-state index contributed by atoms with van der Waals surface area (Å²) >= 11 is 5.71. The molecule has 0 aromatic heterocycles. The minimum Gasteiger partial charge on any atom is -0.324 e. The number of hydrogen-bond acceptors (Lipinski definition) is 2. The van der Waals surface area contributed by atoms with E-state index in [1.165, 1.54) is 0 Å². The normalized spacial score (nSPS) is 17.6. The monoisotopic (exact) mass is 210 g/mol. The molecule has 1 amide bonds. The quantitative estimate of drug-likeness (QED) is 0.782. The van der Waals surface area contributed by atoms with Gasteiger partial charge in [-0.25, -0.2) is 0 Å². The van der Waals surface area contributed by atoms with Gasteiger partial charge in [0.25, 0.3) is 0 Å². The van der Waals surface area contributed by atoms with Crippen LogP contribution in [0.4, 0.5) is 5.69 Å². The van der Waals surface area contributed by atoms with Crippen LogP contribution in [0.5, 0.6) is 0 Å². The zero-order chi connectivity index (χ0) is 10.2. The number of rotatable bonds is 2. The molecule has 0 spiro atoms. The highest BCUT2D eigenvalue weighted by molar-refractivity contribution is 6.30. The molecule has 4 heteroatoms. The van der Waals surface area contributed by atoms with E-state index in [9.17, 15) is 4.79 Å². The van der Waals surface area contributed by atoms with Crippen molar-refractivity contribution < 1.29 is 4.79 Å². The Balaban J connectivity index is 2.04. The van der Waals surface area contributed by atoms with Gasteiger partial charge >= 0.3 is 0 Å². The van der Waals surface area contributed by atoms with Crippen molar-refractivity contribution in [2.24, 2.45) is 5.73 Å². The summed E-state index contributed by atoms with van der Waals surface area (Å²) in [4.78, 5) is 11.5. The molecule has 3 nitrogen and oxygen atoms in total. The lowest BCUT2D eigenvalue weighted by Gasteiger charge is -2.09. The summed E-state index contributed by atoms with van der Waals surface area (Å²) in [7, 11) is 0. The number of amides is 1. The summed E-state index contributed by atoms with van der Waals surface area (Å²) < 4.78 is 0. The second kappa shape index (κ2) is 3.26. The number of carbonyl (C=O) groups excluding carboxylic acids is 1. The van der Waals surface area contributed by atoms with Crippen LogP contribution in [0.1, 0.15) is 12.8 Å². The minimum atomic E-state index is -0.625. The number of nitrogens with two attached hydrogens (primary N) is 1. The molecule has 1 fully saturated rings. The second-order valence-corrected chi connectivity index (χ2v) is 4.05. The van der Waals surface area contributed by atoms with Gasteiger partial charge in [0.05, 0.1) is 5.54 Å². The molecule has 0 atom stereocenters. The third-order valence-electron chi connectivity index (χ3n) is 2.34. The van der Waals surface area contributed by atoms with E-state index in [1.54, 1.807) is 24.3 Å². The average molecular weight is 211 g/mol. The van der Waals surface area contributed by atoms with E-state index in [2.05, 4.69) is 5.32 Å². The van der Waals surface area contributed by atoms with Crippen molar-refractivity contribution in [3.63, 3.8) is 0 Å². The fourth-order valence-corrected chi connectivity index (χ4v) is 1.28. The zero-order valence-electron chi connectivity index (χ0n) is 7.59. The fraction of sp³-hybridized carbons (Fsp3) is 0.300. The van der Waals surface area contributed by atoms with Crippen molar-refractivity contribution in [3.8, 4) is 0 Å². The first kappa shape index (κ1) is 9.49. The van der Waals surface area contributed by atoms with E-state index in [1.807, 2.05) is 0 Å².